The Hall–Kier alpha value is -0.770. The SMILES string of the molecule is CC(C)CN=C(N)NCCCN(C)C. The number of nitrogens with zero attached hydrogens (tertiary/aromatic N) is 2. The summed E-state index contributed by atoms with van der Waals surface area (Å²) in [5.74, 6) is 1.13. The van der Waals surface area contributed by atoms with Crippen LogP contribution in [0.1, 0.15) is 20.3 Å². The molecule has 0 amide bonds. The summed E-state index contributed by atoms with van der Waals surface area (Å²) in [5.41, 5.74) is 5.66. The van der Waals surface area contributed by atoms with Crippen molar-refractivity contribution < 1.29 is 0 Å². The number of aliphatic imine (C=N–C) groups is 1. The molecule has 0 aliphatic carbocycles. The number of nitrogens with one attached hydrogen (secondary N) is 1. The van der Waals surface area contributed by atoms with Gasteiger partial charge in [0.2, 0.25) is 0 Å². The van der Waals surface area contributed by atoms with E-state index in [0.29, 0.717) is 11.9 Å². The summed E-state index contributed by atoms with van der Waals surface area (Å²) >= 11 is 0. The largest absolute Gasteiger partial charge is 0.370 e. The van der Waals surface area contributed by atoms with Crippen molar-refractivity contribution in [2.75, 3.05) is 33.7 Å². The highest BCUT2D eigenvalue weighted by molar-refractivity contribution is 5.77. The maximum Gasteiger partial charge on any atom is 0.188 e. The van der Waals surface area contributed by atoms with Crippen molar-refractivity contribution in [1.29, 1.82) is 0 Å². The second-order valence-corrected chi connectivity index (χ2v) is 4.20. The average Bonchev–Trinajstić information content (AvgIpc) is 2.08. The van der Waals surface area contributed by atoms with E-state index in [1.165, 1.54) is 0 Å². The summed E-state index contributed by atoms with van der Waals surface area (Å²) in [6.07, 6.45) is 1.09. The van der Waals surface area contributed by atoms with Crippen molar-refractivity contribution in [2.45, 2.75) is 20.3 Å². The minimum absolute atomic E-state index is 0.567. The Bertz CT molecular complexity index is 164. The first-order chi connectivity index (χ1) is 6.52. The van der Waals surface area contributed by atoms with E-state index in [0.717, 1.165) is 26.1 Å². The zero-order valence-electron chi connectivity index (χ0n) is 9.88. The van der Waals surface area contributed by atoms with E-state index in [4.69, 9.17) is 5.73 Å². The lowest BCUT2D eigenvalue weighted by atomic mass is 10.2. The van der Waals surface area contributed by atoms with Gasteiger partial charge in [-0.25, -0.2) is 0 Å². The Morgan fingerprint density at radius 3 is 2.57 bits per heavy atom. The van der Waals surface area contributed by atoms with Crippen LogP contribution < -0.4 is 11.1 Å². The lowest BCUT2D eigenvalue weighted by Gasteiger charge is -2.10. The Morgan fingerprint density at radius 2 is 2.07 bits per heavy atom. The molecule has 0 atom stereocenters. The molecule has 0 aliphatic rings. The first kappa shape index (κ1) is 13.2. The van der Waals surface area contributed by atoms with Crippen molar-refractivity contribution in [1.82, 2.24) is 10.2 Å². The molecule has 84 valence electrons. The molecule has 0 unspecified atom stereocenters. The quantitative estimate of drug-likeness (QED) is 0.373. The average molecular weight is 200 g/mol. The molecule has 4 heteroatoms. The molecule has 4 nitrogen and oxygen atoms in total. The van der Waals surface area contributed by atoms with Crippen LogP contribution >= 0.6 is 0 Å². The van der Waals surface area contributed by atoms with Crippen LogP contribution in [0.2, 0.25) is 0 Å². The van der Waals surface area contributed by atoms with Crippen LogP contribution in [0.5, 0.6) is 0 Å². The first-order valence-corrected chi connectivity index (χ1v) is 5.21. The lowest BCUT2D eigenvalue weighted by Crippen LogP contribution is -2.34. The Labute approximate surface area is 87.6 Å². The topological polar surface area (TPSA) is 53.6 Å². The molecular formula is C10H24N4. The third-order valence-electron chi connectivity index (χ3n) is 1.72. The first-order valence-electron chi connectivity index (χ1n) is 5.21. The normalized spacial score (nSPS) is 12.6. The third kappa shape index (κ3) is 9.32. The molecule has 0 saturated heterocycles. The number of nitrogens with two attached hydrogens (primary N) is 1. The minimum atomic E-state index is 0.567. The summed E-state index contributed by atoms with van der Waals surface area (Å²) in [5, 5.41) is 3.09. The van der Waals surface area contributed by atoms with Gasteiger partial charge >= 0.3 is 0 Å². The second kappa shape index (κ2) is 7.62. The van der Waals surface area contributed by atoms with Gasteiger partial charge in [0, 0.05) is 13.1 Å². The highest BCUT2D eigenvalue weighted by atomic mass is 15.1. The molecule has 3 N–H and O–H groups in total. The molecule has 0 radical (unpaired) electrons. The van der Waals surface area contributed by atoms with Gasteiger partial charge in [-0.15, -0.1) is 0 Å². The van der Waals surface area contributed by atoms with Gasteiger partial charge in [0.05, 0.1) is 0 Å². The van der Waals surface area contributed by atoms with Crippen molar-refractivity contribution in [3.63, 3.8) is 0 Å². The van der Waals surface area contributed by atoms with Crippen molar-refractivity contribution in [2.24, 2.45) is 16.6 Å². The molecule has 0 aromatic rings. The Balaban J connectivity index is 3.43. The monoisotopic (exact) mass is 200 g/mol. The predicted octanol–water partition coefficient (Wildman–Crippen LogP) is 0.498. The van der Waals surface area contributed by atoms with Crippen LogP contribution in [0.25, 0.3) is 0 Å². The van der Waals surface area contributed by atoms with E-state index in [2.05, 4.69) is 43.2 Å². The van der Waals surface area contributed by atoms with Crippen LogP contribution in [-0.4, -0.2) is 44.6 Å². The number of rotatable bonds is 6. The van der Waals surface area contributed by atoms with Gasteiger partial charge in [-0.05, 0) is 33.0 Å². The van der Waals surface area contributed by atoms with Crippen LogP contribution in [0.3, 0.4) is 0 Å². The molecule has 0 heterocycles. The second-order valence-electron chi connectivity index (χ2n) is 4.20. The van der Waals surface area contributed by atoms with E-state index in [1.807, 2.05) is 0 Å². The minimum Gasteiger partial charge on any atom is -0.370 e. The van der Waals surface area contributed by atoms with Crippen LogP contribution in [-0.2, 0) is 0 Å². The lowest BCUT2D eigenvalue weighted by molar-refractivity contribution is 0.400. The number of guanidine groups is 1. The molecule has 0 aromatic carbocycles. The summed E-state index contributed by atoms with van der Waals surface area (Å²) < 4.78 is 0. The zero-order valence-corrected chi connectivity index (χ0v) is 9.88. The molecule has 0 bridgehead atoms. The standard InChI is InChI=1S/C10H24N4/c1-9(2)8-13-10(11)12-6-5-7-14(3)4/h9H,5-8H2,1-4H3,(H3,11,12,13). The molecule has 0 spiro atoms. The van der Waals surface area contributed by atoms with Crippen molar-refractivity contribution in [3.05, 3.63) is 0 Å². The number of hydrogen-bond acceptors (Lipinski definition) is 2. The van der Waals surface area contributed by atoms with Crippen LogP contribution in [0.4, 0.5) is 0 Å². The van der Waals surface area contributed by atoms with Gasteiger partial charge in [-0.3, -0.25) is 4.99 Å². The summed E-state index contributed by atoms with van der Waals surface area (Å²) in [6.45, 7) is 7.02. The fourth-order valence-electron chi connectivity index (χ4n) is 0.949. The summed E-state index contributed by atoms with van der Waals surface area (Å²) in [4.78, 5) is 6.37. The fourth-order valence-corrected chi connectivity index (χ4v) is 0.949. The molecule has 0 aliphatic heterocycles. The maximum absolute atomic E-state index is 5.66. The summed E-state index contributed by atoms with van der Waals surface area (Å²) in [7, 11) is 4.13. The molecular weight excluding hydrogens is 176 g/mol. The predicted molar refractivity (Wildman–Crippen MR) is 62.5 cm³/mol. The molecule has 14 heavy (non-hydrogen) atoms. The molecule has 0 aromatic heterocycles. The van der Waals surface area contributed by atoms with Gasteiger partial charge < -0.3 is 16.0 Å². The van der Waals surface area contributed by atoms with Gasteiger partial charge in [-0.1, -0.05) is 13.8 Å². The van der Waals surface area contributed by atoms with E-state index >= 15 is 0 Å². The molecule has 0 rings (SSSR count). The Morgan fingerprint density at radius 1 is 1.43 bits per heavy atom. The smallest absolute Gasteiger partial charge is 0.188 e. The molecule has 0 fully saturated rings. The molecule has 0 saturated carbocycles. The van der Waals surface area contributed by atoms with Gasteiger partial charge in [0.25, 0.3) is 0 Å². The van der Waals surface area contributed by atoms with Gasteiger partial charge in [0.15, 0.2) is 5.96 Å². The summed E-state index contributed by atoms with van der Waals surface area (Å²) in [6, 6.07) is 0. The highest BCUT2D eigenvalue weighted by Crippen LogP contribution is 1.90. The van der Waals surface area contributed by atoms with Crippen molar-refractivity contribution in [3.8, 4) is 0 Å². The van der Waals surface area contributed by atoms with Crippen LogP contribution in [0.15, 0.2) is 4.99 Å². The fraction of sp³-hybridized carbons (Fsp3) is 0.900. The van der Waals surface area contributed by atoms with Crippen LogP contribution in [0, 0.1) is 5.92 Å². The highest BCUT2D eigenvalue weighted by Gasteiger charge is 1.94. The van der Waals surface area contributed by atoms with E-state index in [-0.39, 0.29) is 0 Å². The number of hydrogen-bond donors (Lipinski definition) is 2. The van der Waals surface area contributed by atoms with Gasteiger partial charge in [-0.2, -0.15) is 0 Å². The van der Waals surface area contributed by atoms with E-state index in [1.54, 1.807) is 0 Å². The van der Waals surface area contributed by atoms with E-state index < -0.39 is 0 Å². The maximum atomic E-state index is 5.66. The van der Waals surface area contributed by atoms with Gasteiger partial charge in [0.1, 0.15) is 0 Å². The zero-order chi connectivity index (χ0) is 11.0. The Kier molecular flexibility index (Phi) is 7.20. The van der Waals surface area contributed by atoms with E-state index in [9.17, 15) is 0 Å². The third-order valence-corrected chi connectivity index (χ3v) is 1.72. The van der Waals surface area contributed by atoms with Crippen molar-refractivity contribution >= 4 is 5.96 Å².